The molecule has 0 aromatic carbocycles. The first kappa shape index (κ1) is 10.5. The summed E-state index contributed by atoms with van der Waals surface area (Å²) >= 11 is 0. The van der Waals surface area contributed by atoms with Gasteiger partial charge in [0.15, 0.2) is 5.78 Å². The third-order valence-corrected chi connectivity index (χ3v) is 4.57. The molecule has 1 saturated heterocycles. The number of aliphatic hydroxyl groups is 1. The van der Waals surface area contributed by atoms with E-state index in [0.29, 0.717) is 6.42 Å². The molecule has 2 heterocycles. The number of hydrogen-bond donors (Lipinski definition) is 1. The van der Waals surface area contributed by atoms with E-state index in [9.17, 15) is 9.90 Å². The summed E-state index contributed by atoms with van der Waals surface area (Å²) in [6, 6.07) is 0. The molecule has 0 amide bonds. The Labute approximate surface area is 95.5 Å². The molecule has 1 N–H and O–H groups in total. The van der Waals surface area contributed by atoms with Crippen molar-refractivity contribution in [1.82, 2.24) is 0 Å². The Kier molecular flexibility index (Phi) is 2.23. The minimum atomic E-state index is -0.638. The second-order valence-electron chi connectivity index (χ2n) is 5.23. The van der Waals surface area contributed by atoms with Gasteiger partial charge >= 0.3 is 0 Å². The molecule has 0 unspecified atom stereocenters. The van der Waals surface area contributed by atoms with Crippen molar-refractivity contribution in [3.05, 3.63) is 12.2 Å². The van der Waals surface area contributed by atoms with E-state index in [2.05, 4.69) is 0 Å². The Morgan fingerprint density at radius 2 is 2.44 bits per heavy atom. The van der Waals surface area contributed by atoms with Gasteiger partial charge in [-0.3, -0.25) is 4.79 Å². The lowest BCUT2D eigenvalue weighted by atomic mass is 9.60. The molecule has 3 aliphatic rings. The molecule has 0 spiro atoms. The Bertz CT molecular complexity index is 349. The van der Waals surface area contributed by atoms with E-state index in [1.807, 2.05) is 19.1 Å². The molecule has 3 rings (SSSR count). The van der Waals surface area contributed by atoms with Crippen molar-refractivity contribution in [2.45, 2.75) is 50.9 Å². The topological polar surface area (TPSA) is 46.5 Å². The molecule has 0 radical (unpaired) electrons. The number of fused-ring (bicyclic) bond motifs is 6. The standard InChI is InChI=1S/C13H18O3/c1-2-10(14)13-7-3-4-8(12(13)15)9-5-6-11(13)16-9/h5-6,8-11,14H,2-4,7H2,1H3/t8-,9+,10-,11-,13-/m0/s1. The van der Waals surface area contributed by atoms with E-state index in [-0.39, 0.29) is 23.9 Å². The number of carbonyl (C=O) groups excluding carboxylic acids is 1. The maximum atomic E-state index is 12.5. The Hall–Kier alpha value is -0.670. The zero-order valence-corrected chi connectivity index (χ0v) is 9.56. The summed E-state index contributed by atoms with van der Waals surface area (Å²) in [7, 11) is 0. The van der Waals surface area contributed by atoms with E-state index >= 15 is 0 Å². The minimum Gasteiger partial charge on any atom is -0.392 e. The Morgan fingerprint density at radius 1 is 1.62 bits per heavy atom. The predicted octanol–water partition coefficient (Wildman–Crippen LogP) is 1.45. The lowest BCUT2D eigenvalue weighted by Crippen LogP contribution is -2.60. The van der Waals surface area contributed by atoms with Crippen LogP contribution in [0.5, 0.6) is 0 Å². The monoisotopic (exact) mass is 222 g/mol. The van der Waals surface area contributed by atoms with Crippen molar-refractivity contribution >= 4 is 5.78 Å². The van der Waals surface area contributed by atoms with Gasteiger partial charge in [0.1, 0.15) is 0 Å². The van der Waals surface area contributed by atoms with E-state index in [1.165, 1.54) is 0 Å². The van der Waals surface area contributed by atoms with E-state index < -0.39 is 11.5 Å². The largest absolute Gasteiger partial charge is 0.392 e. The van der Waals surface area contributed by atoms with Crippen molar-refractivity contribution in [1.29, 1.82) is 0 Å². The smallest absolute Gasteiger partial charge is 0.150 e. The molecule has 16 heavy (non-hydrogen) atoms. The van der Waals surface area contributed by atoms with Crippen LogP contribution in [0.15, 0.2) is 12.2 Å². The van der Waals surface area contributed by atoms with Crippen LogP contribution in [0.1, 0.15) is 32.6 Å². The average molecular weight is 222 g/mol. The number of ether oxygens (including phenoxy) is 1. The molecule has 0 aromatic rings. The van der Waals surface area contributed by atoms with Gasteiger partial charge in [-0.15, -0.1) is 0 Å². The van der Waals surface area contributed by atoms with Crippen LogP contribution in [0, 0.1) is 11.3 Å². The normalized spacial score (nSPS) is 47.1. The Morgan fingerprint density at radius 3 is 3.19 bits per heavy atom. The number of aliphatic hydroxyl groups excluding tert-OH is 1. The minimum absolute atomic E-state index is 0.00931. The molecule has 1 saturated carbocycles. The van der Waals surface area contributed by atoms with E-state index in [1.54, 1.807) is 0 Å². The van der Waals surface area contributed by atoms with Gasteiger partial charge in [-0.25, -0.2) is 0 Å². The van der Waals surface area contributed by atoms with Crippen LogP contribution in [0.2, 0.25) is 0 Å². The highest BCUT2D eigenvalue weighted by atomic mass is 16.5. The van der Waals surface area contributed by atoms with Gasteiger partial charge in [-0.05, 0) is 19.3 Å². The zero-order valence-electron chi connectivity index (χ0n) is 9.56. The van der Waals surface area contributed by atoms with Gasteiger partial charge in [0.25, 0.3) is 0 Å². The van der Waals surface area contributed by atoms with Gasteiger partial charge < -0.3 is 9.84 Å². The first-order valence-electron chi connectivity index (χ1n) is 6.26. The maximum Gasteiger partial charge on any atom is 0.150 e. The molecular formula is C13H18O3. The van der Waals surface area contributed by atoms with Crippen LogP contribution >= 0.6 is 0 Å². The van der Waals surface area contributed by atoms with Gasteiger partial charge in [0, 0.05) is 5.92 Å². The quantitative estimate of drug-likeness (QED) is 0.719. The van der Waals surface area contributed by atoms with Crippen LogP contribution in [-0.4, -0.2) is 29.2 Å². The third kappa shape index (κ3) is 1.08. The lowest BCUT2D eigenvalue weighted by Gasteiger charge is -2.50. The van der Waals surface area contributed by atoms with Gasteiger partial charge in [0.2, 0.25) is 0 Å². The average Bonchev–Trinajstić information content (AvgIpc) is 2.74. The lowest BCUT2D eigenvalue weighted by molar-refractivity contribution is -0.184. The Balaban J connectivity index is 2.06. The second-order valence-corrected chi connectivity index (χ2v) is 5.23. The molecule has 4 bridgehead atoms. The fourth-order valence-electron chi connectivity index (χ4n) is 3.69. The van der Waals surface area contributed by atoms with Crippen LogP contribution < -0.4 is 0 Å². The highest BCUT2D eigenvalue weighted by Gasteiger charge is 2.60. The van der Waals surface area contributed by atoms with Gasteiger partial charge in [-0.1, -0.05) is 25.5 Å². The summed E-state index contributed by atoms with van der Waals surface area (Å²) < 4.78 is 5.87. The maximum absolute atomic E-state index is 12.5. The molecule has 5 atom stereocenters. The first-order valence-corrected chi connectivity index (χ1v) is 6.26. The first-order chi connectivity index (χ1) is 7.70. The molecule has 2 aliphatic heterocycles. The number of rotatable bonds is 2. The highest BCUT2D eigenvalue weighted by molar-refractivity contribution is 5.91. The fraction of sp³-hybridized carbons (Fsp3) is 0.769. The highest BCUT2D eigenvalue weighted by Crippen LogP contribution is 2.52. The third-order valence-electron chi connectivity index (χ3n) is 4.57. The molecule has 2 fully saturated rings. The van der Waals surface area contributed by atoms with E-state index in [4.69, 9.17) is 4.74 Å². The fourth-order valence-corrected chi connectivity index (χ4v) is 3.69. The molecule has 0 aromatic heterocycles. The molecule has 3 heteroatoms. The van der Waals surface area contributed by atoms with Crippen molar-refractivity contribution in [3.8, 4) is 0 Å². The predicted molar refractivity (Wildman–Crippen MR) is 58.9 cm³/mol. The van der Waals surface area contributed by atoms with E-state index in [0.717, 1.165) is 19.3 Å². The van der Waals surface area contributed by atoms with Crippen molar-refractivity contribution in [2.75, 3.05) is 0 Å². The number of carbonyl (C=O) groups is 1. The number of Topliss-reactive ketones (excluding diaryl/α,β-unsaturated/α-hetero) is 1. The number of ketones is 1. The SMILES string of the molecule is CC[C@H](O)[C@]12CCC[C@H](C1=O)[C@H]1C=C[C@@H]2O1. The van der Waals surface area contributed by atoms with Crippen molar-refractivity contribution in [2.24, 2.45) is 11.3 Å². The van der Waals surface area contributed by atoms with Crippen molar-refractivity contribution < 1.29 is 14.6 Å². The van der Waals surface area contributed by atoms with Crippen LogP contribution in [0.3, 0.4) is 0 Å². The van der Waals surface area contributed by atoms with Crippen molar-refractivity contribution in [3.63, 3.8) is 0 Å². The van der Waals surface area contributed by atoms with Crippen LogP contribution in [0.4, 0.5) is 0 Å². The zero-order chi connectivity index (χ0) is 11.3. The molecule has 3 nitrogen and oxygen atoms in total. The summed E-state index contributed by atoms with van der Waals surface area (Å²) in [5.74, 6) is 0.240. The molecule has 88 valence electrons. The van der Waals surface area contributed by atoms with Crippen LogP contribution in [-0.2, 0) is 9.53 Å². The summed E-state index contributed by atoms with van der Waals surface area (Å²) in [5, 5.41) is 10.2. The van der Waals surface area contributed by atoms with Gasteiger partial charge in [0.05, 0.1) is 23.7 Å². The van der Waals surface area contributed by atoms with Gasteiger partial charge in [-0.2, -0.15) is 0 Å². The summed E-state index contributed by atoms with van der Waals surface area (Å²) in [6.45, 7) is 1.93. The molecule has 1 aliphatic carbocycles. The molecular weight excluding hydrogens is 204 g/mol. The summed E-state index contributed by atoms with van der Waals surface area (Å²) in [5.41, 5.74) is -0.638. The summed E-state index contributed by atoms with van der Waals surface area (Å²) in [4.78, 5) is 12.5. The second kappa shape index (κ2) is 3.41. The number of hydrogen-bond acceptors (Lipinski definition) is 3. The summed E-state index contributed by atoms with van der Waals surface area (Å²) in [6.07, 6.45) is 6.60. The van der Waals surface area contributed by atoms with Crippen LogP contribution in [0.25, 0.3) is 0 Å².